The third kappa shape index (κ3) is 6.00. The Morgan fingerprint density at radius 2 is 1.31 bits per heavy atom. The summed E-state index contributed by atoms with van der Waals surface area (Å²) in [7, 11) is 0. The van der Waals surface area contributed by atoms with Gasteiger partial charge in [0.1, 0.15) is 17.3 Å². The topological polar surface area (TPSA) is 39.9 Å². The highest BCUT2D eigenvalue weighted by Crippen LogP contribution is 2.38. The van der Waals surface area contributed by atoms with E-state index in [-0.39, 0.29) is 5.56 Å². The van der Waals surface area contributed by atoms with Crippen LogP contribution in [0.15, 0.2) is 146 Å². The molecule has 0 amide bonds. The smallest absolute Gasteiger partial charge is 0.306 e. The summed E-state index contributed by atoms with van der Waals surface area (Å²) in [5.74, 6) is 0.732. The zero-order valence-electron chi connectivity index (χ0n) is 28.7. The lowest BCUT2D eigenvalue weighted by atomic mass is 9.89. The zero-order valence-corrected chi connectivity index (χ0v) is 28.7. The van der Waals surface area contributed by atoms with E-state index in [0.29, 0.717) is 11.5 Å². The fourth-order valence-corrected chi connectivity index (χ4v) is 7.03. The summed E-state index contributed by atoms with van der Waals surface area (Å²) in [5.41, 5.74) is 10.7. The van der Waals surface area contributed by atoms with Crippen molar-refractivity contribution in [2.75, 3.05) is 0 Å². The van der Waals surface area contributed by atoms with Gasteiger partial charge in [-0.15, -0.1) is 0 Å². The van der Waals surface area contributed by atoms with Gasteiger partial charge in [0.25, 0.3) is 0 Å². The highest BCUT2D eigenvalue weighted by Gasteiger charge is 2.16. The summed E-state index contributed by atoms with van der Waals surface area (Å²) >= 11 is 0. The predicted octanol–water partition coefficient (Wildman–Crippen LogP) is 12.8. The second-order valence-electron chi connectivity index (χ2n) is 12.9. The molecule has 254 valence electrons. The molecule has 8 aromatic rings. The number of aromatic nitrogens is 3. The van der Waals surface area contributed by atoms with Gasteiger partial charge in [0.05, 0.1) is 16.7 Å². The number of para-hydroxylation sites is 1. The zero-order chi connectivity index (χ0) is 35.9. The number of pyridine rings is 2. The maximum absolute atomic E-state index is 13.7. The molecule has 0 bridgehead atoms. The summed E-state index contributed by atoms with van der Waals surface area (Å²) in [6.07, 6.45) is 1.36. The van der Waals surface area contributed by atoms with Gasteiger partial charge >= 0.3 is 6.08 Å². The van der Waals surface area contributed by atoms with Crippen LogP contribution in [0.25, 0.3) is 67.0 Å². The molecule has 0 unspecified atom stereocenters. The van der Waals surface area contributed by atoms with Crippen molar-refractivity contribution in [3.63, 3.8) is 0 Å². The number of benzene rings is 5. The Balaban J connectivity index is 1.11. The van der Waals surface area contributed by atoms with Crippen molar-refractivity contribution in [2.45, 2.75) is 20.8 Å². The number of ether oxygens (including phenoxy) is 1. The molecule has 0 saturated heterocycles. The molecular weight excluding hydrogens is 656 g/mol. The molecule has 8 rings (SSSR count). The molecule has 0 aliphatic rings. The van der Waals surface area contributed by atoms with E-state index in [2.05, 4.69) is 65.9 Å². The van der Waals surface area contributed by atoms with Crippen molar-refractivity contribution >= 4 is 27.6 Å². The number of hydrogen-bond acceptors (Lipinski definition) is 3. The second kappa shape index (κ2) is 13.3. The molecule has 3 aromatic heterocycles. The minimum atomic E-state index is -2.32. The van der Waals surface area contributed by atoms with E-state index in [1.807, 2.05) is 73.8 Å². The maximum Gasteiger partial charge on any atom is 0.306 e. The van der Waals surface area contributed by atoms with Gasteiger partial charge in [-0.25, -0.2) is 9.37 Å². The predicted molar refractivity (Wildman–Crippen MR) is 204 cm³/mol. The molecule has 0 aliphatic carbocycles. The third-order valence-electron chi connectivity index (χ3n) is 9.43. The molecule has 0 N–H and O–H groups in total. The molecule has 0 saturated carbocycles. The summed E-state index contributed by atoms with van der Waals surface area (Å²) in [6, 6.07) is 40.6. The van der Waals surface area contributed by atoms with Crippen LogP contribution in [0, 0.1) is 20.8 Å². The number of fused-ring (bicyclic) bond motifs is 3. The second-order valence-corrected chi connectivity index (χ2v) is 12.9. The van der Waals surface area contributed by atoms with Crippen molar-refractivity contribution in [1.29, 1.82) is 0 Å². The van der Waals surface area contributed by atoms with Gasteiger partial charge in [-0.2, -0.15) is 8.78 Å². The fourth-order valence-electron chi connectivity index (χ4n) is 7.03. The van der Waals surface area contributed by atoms with E-state index in [1.165, 1.54) is 12.1 Å². The molecule has 5 aromatic carbocycles. The van der Waals surface area contributed by atoms with Crippen LogP contribution in [0.3, 0.4) is 0 Å². The maximum atomic E-state index is 13.7. The molecule has 0 fully saturated rings. The Morgan fingerprint density at radius 1 is 0.577 bits per heavy atom. The van der Waals surface area contributed by atoms with Gasteiger partial charge < -0.3 is 4.74 Å². The van der Waals surface area contributed by atoms with Crippen LogP contribution in [-0.2, 0) is 0 Å². The molecule has 0 spiro atoms. The summed E-state index contributed by atoms with van der Waals surface area (Å²) in [4.78, 5) is 9.44. The highest BCUT2D eigenvalue weighted by molar-refractivity contribution is 6.09. The Labute approximate surface area is 299 Å². The first-order chi connectivity index (χ1) is 25.2. The molecule has 4 nitrogen and oxygen atoms in total. The van der Waals surface area contributed by atoms with Crippen molar-refractivity contribution < 1.29 is 17.9 Å². The number of nitrogens with zero attached hydrogens (tertiary/aromatic N) is 3. The SMILES string of the molecule is Cc1cnc(-c2cccc(Oc3ccc4c5ccccc5n(-c5ccccn5)c4c3)c2)cc1-c1c(C)cc(-c2ccc(C(F)=C(F)F)cc2)cc1C. The Hall–Kier alpha value is -6.47. The average molecular weight is 688 g/mol. The van der Waals surface area contributed by atoms with Crippen molar-refractivity contribution in [3.05, 3.63) is 168 Å². The van der Waals surface area contributed by atoms with Crippen LogP contribution in [0.5, 0.6) is 11.5 Å². The molecule has 52 heavy (non-hydrogen) atoms. The molecular formula is C45H32F3N3O. The van der Waals surface area contributed by atoms with E-state index < -0.39 is 11.9 Å². The van der Waals surface area contributed by atoms with Gasteiger partial charge in [0.2, 0.25) is 0 Å². The Kier molecular flexibility index (Phi) is 8.39. The van der Waals surface area contributed by atoms with Crippen LogP contribution < -0.4 is 4.74 Å². The molecule has 0 aliphatic heterocycles. The number of hydrogen-bond donors (Lipinski definition) is 0. The van der Waals surface area contributed by atoms with E-state index in [4.69, 9.17) is 9.72 Å². The first-order valence-corrected chi connectivity index (χ1v) is 16.9. The van der Waals surface area contributed by atoms with Gasteiger partial charge in [0.15, 0.2) is 5.83 Å². The Bertz CT molecular complexity index is 2640. The number of rotatable bonds is 7. The average Bonchev–Trinajstić information content (AvgIpc) is 3.49. The molecule has 0 atom stereocenters. The van der Waals surface area contributed by atoms with Crippen molar-refractivity contribution in [1.82, 2.24) is 14.5 Å². The van der Waals surface area contributed by atoms with Crippen LogP contribution in [0.1, 0.15) is 22.3 Å². The monoisotopic (exact) mass is 687 g/mol. The van der Waals surface area contributed by atoms with Gasteiger partial charge in [-0.3, -0.25) is 9.55 Å². The first-order valence-electron chi connectivity index (χ1n) is 16.9. The molecule has 3 heterocycles. The Morgan fingerprint density at radius 3 is 2.06 bits per heavy atom. The van der Waals surface area contributed by atoms with E-state index in [0.717, 1.165) is 77.8 Å². The lowest BCUT2D eigenvalue weighted by Crippen LogP contribution is -1.96. The molecule has 7 heteroatoms. The number of aryl methyl sites for hydroxylation is 3. The van der Waals surface area contributed by atoms with E-state index in [1.54, 1.807) is 18.3 Å². The lowest BCUT2D eigenvalue weighted by Gasteiger charge is -2.16. The largest absolute Gasteiger partial charge is 0.457 e. The highest BCUT2D eigenvalue weighted by atomic mass is 19.3. The fraction of sp³-hybridized carbons (Fsp3) is 0.0667. The summed E-state index contributed by atoms with van der Waals surface area (Å²) in [5, 5.41) is 2.27. The first kappa shape index (κ1) is 32.7. The minimum Gasteiger partial charge on any atom is -0.457 e. The lowest BCUT2D eigenvalue weighted by molar-refractivity contribution is 0.410. The third-order valence-corrected chi connectivity index (χ3v) is 9.43. The minimum absolute atomic E-state index is 0.145. The van der Waals surface area contributed by atoms with Crippen LogP contribution >= 0.6 is 0 Å². The standard InChI is InChI=1S/C45H32F3N3O/c1-27-21-33(30-14-16-31(17-15-30)44(46)45(47)48)22-28(2)43(27)38-25-39(50-26-29(38)3)32-9-8-10-34(23-32)52-35-18-19-37-36-11-4-5-12-40(36)51(41(37)24-35)42-13-6-7-20-49-42/h4-26H,1-3H3. The van der Waals surface area contributed by atoms with Crippen LogP contribution in [-0.4, -0.2) is 14.5 Å². The van der Waals surface area contributed by atoms with Crippen molar-refractivity contribution in [2.24, 2.45) is 0 Å². The van der Waals surface area contributed by atoms with E-state index >= 15 is 0 Å². The van der Waals surface area contributed by atoms with Crippen LogP contribution in [0.2, 0.25) is 0 Å². The van der Waals surface area contributed by atoms with E-state index in [9.17, 15) is 13.2 Å². The summed E-state index contributed by atoms with van der Waals surface area (Å²) in [6.45, 7) is 6.15. The normalized spacial score (nSPS) is 11.3. The summed E-state index contributed by atoms with van der Waals surface area (Å²) < 4.78 is 47.9. The van der Waals surface area contributed by atoms with Gasteiger partial charge in [-0.05, 0) is 108 Å². The molecule has 0 radical (unpaired) electrons. The van der Waals surface area contributed by atoms with Crippen molar-refractivity contribution in [3.8, 4) is 50.8 Å². The van der Waals surface area contributed by atoms with Crippen LogP contribution in [0.4, 0.5) is 13.2 Å². The quantitative estimate of drug-likeness (QED) is 0.167. The van der Waals surface area contributed by atoms with Gasteiger partial charge in [0, 0.05) is 40.4 Å². The van der Waals surface area contributed by atoms with Gasteiger partial charge in [-0.1, -0.05) is 72.8 Å². The number of halogens is 3.